The number of likely N-dealkylation sites (tertiary alicyclic amines) is 1. The molecule has 166 valence electrons. The van der Waals surface area contributed by atoms with Crippen LogP contribution in [0.25, 0.3) is 21.9 Å². The number of halogens is 1. The lowest BCUT2D eigenvalue weighted by molar-refractivity contribution is 0.0909. The van der Waals surface area contributed by atoms with E-state index in [0.29, 0.717) is 0 Å². The Labute approximate surface area is 193 Å². The SMILES string of the molecule is O=C(NC1CCN(Cc2ccc3cc(F)ccc3c2)CC1)c1ccccc1-c1ccccc1. The number of fused-ring (bicyclic) bond motifs is 1. The van der Waals surface area contributed by atoms with Crippen molar-refractivity contribution >= 4 is 16.7 Å². The normalized spacial score (nSPS) is 14.9. The van der Waals surface area contributed by atoms with Crippen LogP contribution in [0.15, 0.2) is 91.0 Å². The van der Waals surface area contributed by atoms with Crippen molar-refractivity contribution in [3.63, 3.8) is 0 Å². The molecule has 33 heavy (non-hydrogen) atoms. The van der Waals surface area contributed by atoms with E-state index in [-0.39, 0.29) is 17.8 Å². The van der Waals surface area contributed by atoms with E-state index < -0.39 is 0 Å². The largest absolute Gasteiger partial charge is 0.349 e. The highest BCUT2D eigenvalue weighted by Gasteiger charge is 2.22. The van der Waals surface area contributed by atoms with Crippen LogP contribution in [0.4, 0.5) is 4.39 Å². The zero-order valence-electron chi connectivity index (χ0n) is 18.5. The van der Waals surface area contributed by atoms with Crippen LogP contribution in [0.1, 0.15) is 28.8 Å². The Hall–Kier alpha value is -3.50. The van der Waals surface area contributed by atoms with Gasteiger partial charge in [-0.15, -0.1) is 0 Å². The van der Waals surface area contributed by atoms with Crippen molar-refractivity contribution in [2.45, 2.75) is 25.4 Å². The molecule has 0 bridgehead atoms. The van der Waals surface area contributed by atoms with Gasteiger partial charge in [0.2, 0.25) is 0 Å². The summed E-state index contributed by atoms with van der Waals surface area (Å²) in [5.41, 5.74) is 3.97. The van der Waals surface area contributed by atoms with Crippen molar-refractivity contribution in [2.24, 2.45) is 0 Å². The maximum atomic E-state index is 13.4. The van der Waals surface area contributed by atoms with E-state index in [0.717, 1.165) is 59.9 Å². The van der Waals surface area contributed by atoms with E-state index in [4.69, 9.17) is 0 Å². The smallest absolute Gasteiger partial charge is 0.252 e. The molecular formula is C29H27FN2O. The predicted molar refractivity (Wildman–Crippen MR) is 132 cm³/mol. The zero-order chi connectivity index (χ0) is 22.6. The number of hydrogen-bond donors (Lipinski definition) is 1. The fourth-order valence-electron chi connectivity index (χ4n) is 4.67. The number of carbonyl (C=O) groups is 1. The van der Waals surface area contributed by atoms with Gasteiger partial charge in [-0.05, 0) is 64.6 Å². The molecule has 0 aromatic heterocycles. The van der Waals surface area contributed by atoms with Crippen LogP contribution >= 0.6 is 0 Å². The first kappa shape index (κ1) is 21.4. The first-order valence-electron chi connectivity index (χ1n) is 11.5. The Morgan fingerprint density at radius 2 is 1.55 bits per heavy atom. The van der Waals surface area contributed by atoms with Gasteiger partial charge in [0, 0.05) is 31.2 Å². The summed E-state index contributed by atoms with van der Waals surface area (Å²) >= 11 is 0. The highest BCUT2D eigenvalue weighted by Crippen LogP contribution is 2.24. The topological polar surface area (TPSA) is 32.3 Å². The molecule has 4 heteroatoms. The standard InChI is InChI=1S/C29H27FN2O/c30-25-13-12-23-18-21(10-11-24(23)19-25)20-32-16-14-26(15-17-32)31-29(33)28-9-5-4-8-27(28)22-6-2-1-3-7-22/h1-13,18-19,26H,14-17,20H2,(H,31,33). The second kappa shape index (κ2) is 9.55. The van der Waals surface area contributed by atoms with E-state index in [1.165, 1.54) is 11.6 Å². The number of rotatable bonds is 5. The predicted octanol–water partition coefficient (Wildman–Crippen LogP) is 6.04. The van der Waals surface area contributed by atoms with Crippen LogP contribution in [-0.4, -0.2) is 29.9 Å². The average Bonchev–Trinajstić information content (AvgIpc) is 2.86. The van der Waals surface area contributed by atoms with E-state index in [1.54, 1.807) is 6.07 Å². The Morgan fingerprint density at radius 3 is 2.36 bits per heavy atom. The number of benzene rings is 4. The summed E-state index contributed by atoms with van der Waals surface area (Å²) < 4.78 is 13.4. The summed E-state index contributed by atoms with van der Waals surface area (Å²) in [5, 5.41) is 5.25. The van der Waals surface area contributed by atoms with Crippen molar-refractivity contribution in [1.82, 2.24) is 10.2 Å². The van der Waals surface area contributed by atoms with Crippen LogP contribution in [0.3, 0.4) is 0 Å². The van der Waals surface area contributed by atoms with Gasteiger partial charge < -0.3 is 5.32 Å². The molecule has 0 aliphatic carbocycles. The minimum absolute atomic E-state index is 0.00494. The van der Waals surface area contributed by atoms with Gasteiger partial charge in [0.05, 0.1) is 0 Å². The maximum absolute atomic E-state index is 13.4. The molecule has 5 rings (SSSR count). The van der Waals surface area contributed by atoms with Crippen LogP contribution in [-0.2, 0) is 6.54 Å². The van der Waals surface area contributed by atoms with E-state index >= 15 is 0 Å². The van der Waals surface area contributed by atoms with Crippen molar-refractivity contribution in [2.75, 3.05) is 13.1 Å². The second-order valence-electron chi connectivity index (χ2n) is 8.76. The third-order valence-corrected chi connectivity index (χ3v) is 6.45. The molecule has 1 heterocycles. The fourth-order valence-corrected chi connectivity index (χ4v) is 4.67. The lowest BCUT2D eigenvalue weighted by Crippen LogP contribution is -2.44. The van der Waals surface area contributed by atoms with Gasteiger partial charge in [-0.1, -0.05) is 66.7 Å². The third kappa shape index (κ3) is 4.96. The first-order chi connectivity index (χ1) is 16.2. The molecule has 0 spiro atoms. The number of nitrogens with zero attached hydrogens (tertiary/aromatic N) is 1. The molecule has 1 N–H and O–H groups in total. The van der Waals surface area contributed by atoms with Crippen LogP contribution in [0.5, 0.6) is 0 Å². The lowest BCUT2D eigenvalue weighted by Gasteiger charge is -2.32. The molecule has 1 amide bonds. The maximum Gasteiger partial charge on any atom is 0.252 e. The summed E-state index contributed by atoms with van der Waals surface area (Å²) in [6, 6.07) is 29.1. The van der Waals surface area contributed by atoms with Crippen LogP contribution in [0, 0.1) is 5.82 Å². The molecule has 4 aromatic carbocycles. The summed E-state index contributed by atoms with van der Waals surface area (Å²) in [6.45, 7) is 2.74. The van der Waals surface area contributed by atoms with Crippen LogP contribution in [0.2, 0.25) is 0 Å². The minimum Gasteiger partial charge on any atom is -0.349 e. The first-order valence-corrected chi connectivity index (χ1v) is 11.5. The lowest BCUT2D eigenvalue weighted by atomic mass is 9.98. The summed E-state index contributed by atoms with van der Waals surface area (Å²) in [7, 11) is 0. The Balaban J connectivity index is 1.19. The molecular weight excluding hydrogens is 411 g/mol. The molecule has 0 saturated carbocycles. The Bertz CT molecular complexity index is 1260. The number of carbonyl (C=O) groups excluding carboxylic acids is 1. The average molecular weight is 439 g/mol. The van der Waals surface area contributed by atoms with Gasteiger partial charge in [0.25, 0.3) is 5.91 Å². The number of hydrogen-bond acceptors (Lipinski definition) is 2. The zero-order valence-corrected chi connectivity index (χ0v) is 18.5. The fraction of sp³-hybridized carbons (Fsp3) is 0.207. The van der Waals surface area contributed by atoms with Gasteiger partial charge in [-0.25, -0.2) is 4.39 Å². The summed E-state index contributed by atoms with van der Waals surface area (Å²) in [4.78, 5) is 15.5. The number of nitrogens with one attached hydrogen (secondary N) is 1. The van der Waals surface area contributed by atoms with Gasteiger partial charge in [0.15, 0.2) is 0 Å². The molecule has 1 aliphatic rings. The van der Waals surface area contributed by atoms with Crippen molar-refractivity contribution in [3.8, 4) is 11.1 Å². The van der Waals surface area contributed by atoms with Crippen molar-refractivity contribution in [3.05, 3.63) is 108 Å². The van der Waals surface area contributed by atoms with Gasteiger partial charge in [-0.2, -0.15) is 0 Å². The summed E-state index contributed by atoms with van der Waals surface area (Å²) in [5.74, 6) is -0.208. The summed E-state index contributed by atoms with van der Waals surface area (Å²) in [6.07, 6.45) is 1.86. The highest BCUT2D eigenvalue weighted by molar-refractivity contribution is 6.01. The molecule has 4 aromatic rings. The number of piperidine rings is 1. The molecule has 3 nitrogen and oxygen atoms in total. The van der Waals surface area contributed by atoms with E-state index in [9.17, 15) is 9.18 Å². The van der Waals surface area contributed by atoms with E-state index in [2.05, 4.69) is 22.3 Å². The van der Waals surface area contributed by atoms with Crippen molar-refractivity contribution < 1.29 is 9.18 Å². The molecule has 0 unspecified atom stereocenters. The van der Waals surface area contributed by atoms with Crippen molar-refractivity contribution in [1.29, 1.82) is 0 Å². The van der Waals surface area contributed by atoms with E-state index in [1.807, 2.05) is 66.7 Å². The molecule has 0 radical (unpaired) electrons. The third-order valence-electron chi connectivity index (χ3n) is 6.45. The quantitative estimate of drug-likeness (QED) is 0.412. The minimum atomic E-state index is -0.203. The highest BCUT2D eigenvalue weighted by atomic mass is 19.1. The Morgan fingerprint density at radius 1 is 0.848 bits per heavy atom. The Kier molecular flexibility index (Phi) is 6.18. The van der Waals surface area contributed by atoms with Gasteiger partial charge in [0.1, 0.15) is 5.82 Å². The molecule has 1 aliphatic heterocycles. The van der Waals surface area contributed by atoms with Gasteiger partial charge in [-0.3, -0.25) is 9.69 Å². The molecule has 1 fully saturated rings. The second-order valence-corrected chi connectivity index (χ2v) is 8.76. The molecule has 0 atom stereocenters. The number of amides is 1. The molecule has 1 saturated heterocycles. The van der Waals surface area contributed by atoms with Gasteiger partial charge >= 0.3 is 0 Å². The van der Waals surface area contributed by atoms with Crippen LogP contribution < -0.4 is 5.32 Å². The monoisotopic (exact) mass is 438 g/mol.